The Labute approximate surface area is 144 Å². The van der Waals surface area contributed by atoms with Gasteiger partial charge in [0.2, 0.25) is 11.0 Å². The molecule has 0 aliphatic rings. The molecule has 24 heavy (non-hydrogen) atoms. The van der Waals surface area contributed by atoms with Crippen LogP contribution in [-0.4, -0.2) is 29.2 Å². The molecule has 2 aromatic rings. The van der Waals surface area contributed by atoms with Gasteiger partial charge in [-0.25, -0.2) is 0 Å². The van der Waals surface area contributed by atoms with Crippen LogP contribution in [0.1, 0.15) is 35.9 Å². The van der Waals surface area contributed by atoms with Crippen molar-refractivity contribution < 1.29 is 14.3 Å². The van der Waals surface area contributed by atoms with Crippen molar-refractivity contribution >= 4 is 28.3 Å². The van der Waals surface area contributed by atoms with Crippen molar-refractivity contribution in [2.24, 2.45) is 5.73 Å². The van der Waals surface area contributed by atoms with E-state index in [0.29, 0.717) is 24.4 Å². The second kappa shape index (κ2) is 9.09. The van der Waals surface area contributed by atoms with Gasteiger partial charge in [0.15, 0.2) is 0 Å². The first kappa shape index (κ1) is 18.0. The monoisotopic (exact) mass is 348 g/mol. The average Bonchev–Trinajstić information content (AvgIpc) is 3.02. The summed E-state index contributed by atoms with van der Waals surface area (Å²) in [5.41, 5.74) is 6.94. The summed E-state index contributed by atoms with van der Waals surface area (Å²) in [5.74, 6) is -0.452. The Morgan fingerprint density at radius 2 is 2.04 bits per heavy atom. The van der Waals surface area contributed by atoms with E-state index in [2.05, 4.69) is 20.3 Å². The Balaban J connectivity index is 1.79. The predicted octanol–water partition coefficient (Wildman–Crippen LogP) is 2.06. The van der Waals surface area contributed by atoms with Crippen molar-refractivity contribution in [3.8, 4) is 0 Å². The number of nitrogens with zero attached hydrogens (tertiary/aromatic N) is 2. The molecule has 0 aliphatic heterocycles. The first-order valence-electron chi connectivity index (χ1n) is 7.58. The number of esters is 1. The van der Waals surface area contributed by atoms with Crippen LogP contribution < -0.4 is 11.1 Å². The molecule has 8 heteroatoms. The highest BCUT2D eigenvalue weighted by Gasteiger charge is 2.14. The molecule has 1 aromatic heterocycles. The molecule has 1 aromatic carbocycles. The molecule has 0 radical (unpaired) electrons. The number of amides is 1. The van der Waals surface area contributed by atoms with Gasteiger partial charge in [-0.05, 0) is 12.0 Å². The first-order chi connectivity index (χ1) is 11.6. The SMILES string of the molecule is COC(=O)CCCc1nnc(NC(=O)CC(N)c2ccccc2)s1. The number of nitrogens with two attached hydrogens (primary N) is 1. The maximum absolute atomic E-state index is 12.0. The van der Waals surface area contributed by atoms with Crippen molar-refractivity contribution in [3.63, 3.8) is 0 Å². The van der Waals surface area contributed by atoms with E-state index >= 15 is 0 Å². The van der Waals surface area contributed by atoms with Crippen LogP contribution in [0.15, 0.2) is 30.3 Å². The molecule has 3 N–H and O–H groups in total. The fraction of sp³-hybridized carbons (Fsp3) is 0.375. The highest BCUT2D eigenvalue weighted by molar-refractivity contribution is 7.15. The van der Waals surface area contributed by atoms with Gasteiger partial charge in [-0.15, -0.1) is 10.2 Å². The second-order valence-electron chi connectivity index (χ2n) is 5.20. The lowest BCUT2D eigenvalue weighted by atomic mass is 10.0. The van der Waals surface area contributed by atoms with Crippen molar-refractivity contribution in [2.45, 2.75) is 31.7 Å². The Morgan fingerprint density at radius 3 is 2.75 bits per heavy atom. The summed E-state index contributed by atoms with van der Waals surface area (Å²) < 4.78 is 4.58. The van der Waals surface area contributed by atoms with Gasteiger partial charge in [0.05, 0.1) is 7.11 Å². The number of aromatic nitrogens is 2. The Bertz CT molecular complexity index is 675. The van der Waals surface area contributed by atoms with E-state index in [4.69, 9.17) is 5.73 Å². The number of hydrogen-bond acceptors (Lipinski definition) is 7. The van der Waals surface area contributed by atoms with Gasteiger partial charge in [0.1, 0.15) is 5.01 Å². The lowest BCUT2D eigenvalue weighted by Crippen LogP contribution is -2.20. The molecule has 1 unspecified atom stereocenters. The Hall–Kier alpha value is -2.32. The maximum atomic E-state index is 12.0. The van der Waals surface area contributed by atoms with Gasteiger partial charge >= 0.3 is 5.97 Å². The minimum absolute atomic E-state index is 0.168. The molecule has 128 valence electrons. The van der Waals surface area contributed by atoms with Crippen LogP contribution in [-0.2, 0) is 20.7 Å². The highest BCUT2D eigenvalue weighted by Crippen LogP contribution is 2.19. The summed E-state index contributed by atoms with van der Waals surface area (Å²) in [6.07, 6.45) is 1.76. The number of aryl methyl sites for hydroxylation is 1. The van der Waals surface area contributed by atoms with Crippen molar-refractivity contribution in [2.75, 3.05) is 12.4 Å². The number of hydrogen-bond donors (Lipinski definition) is 2. The highest BCUT2D eigenvalue weighted by atomic mass is 32.1. The molecule has 1 atom stereocenters. The fourth-order valence-electron chi connectivity index (χ4n) is 2.08. The summed E-state index contributed by atoms with van der Waals surface area (Å²) in [6, 6.07) is 9.10. The zero-order chi connectivity index (χ0) is 17.4. The van der Waals surface area contributed by atoms with Gasteiger partial charge in [0.25, 0.3) is 0 Å². The standard InChI is InChI=1S/C16H20N4O3S/c1-23-15(22)9-5-8-14-19-20-16(24-14)18-13(21)10-12(17)11-6-3-2-4-7-11/h2-4,6-7,12H,5,8-10,17H2,1H3,(H,18,20,21). The van der Waals surface area contributed by atoms with Crippen LogP contribution in [0.25, 0.3) is 0 Å². The van der Waals surface area contributed by atoms with Gasteiger partial charge in [-0.2, -0.15) is 0 Å². The minimum Gasteiger partial charge on any atom is -0.469 e. The number of ether oxygens (including phenoxy) is 1. The Morgan fingerprint density at radius 1 is 1.29 bits per heavy atom. The third kappa shape index (κ3) is 5.71. The molecule has 0 fully saturated rings. The van der Waals surface area contributed by atoms with Crippen LogP contribution in [0.4, 0.5) is 5.13 Å². The van der Waals surface area contributed by atoms with Crippen LogP contribution >= 0.6 is 11.3 Å². The molecular formula is C16H20N4O3S. The minimum atomic E-state index is -0.362. The molecular weight excluding hydrogens is 328 g/mol. The summed E-state index contributed by atoms with van der Waals surface area (Å²) in [7, 11) is 1.36. The van der Waals surface area contributed by atoms with Crippen LogP contribution in [0, 0.1) is 0 Å². The third-order valence-electron chi connectivity index (χ3n) is 3.35. The normalized spacial score (nSPS) is 11.8. The lowest BCUT2D eigenvalue weighted by molar-refractivity contribution is -0.140. The summed E-state index contributed by atoms with van der Waals surface area (Å²) in [4.78, 5) is 23.1. The lowest BCUT2D eigenvalue weighted by Gasteiger charge is -2.10. The van der Waals surface area contributed by atoms with E-state index < -0.39 is 0 Å². The second-order valence-corrected chi connectivity index (χ2v) is 6.26. The van der Waals surface area contributed by atoms with Gasteiger partial charge < -0.3 is 15.8 Å². The van der Waals surface area contributed by atoms with E-state index in [1.54, 1.807) is 0 Å². The number of rotatable bonds is 8. The van der Waals surface area contributed by atoms with E-state index in [-0.39, 0.29) is 24.3 Å². The molecule has 0 saturated heterocycles. The molecule has 2 rings (SSSR count). The van der Waals surface area contributed by atoms with E-state index in [9.17, 15) is 9.59 Å². The zero-order valence-corrected chi connectivity index (χ0v) is 14.2. The van der Waals surface area contributed by atoms with E-state index in [0.717, 1.165) is 10.6 Å². The topological polar surface area (TPSA) is 107 Å². The first-order valence-corrected chi connectivity index (χ1v) is 8.39. The van der Waals surface area contributed by atoms with E-state index in [1.165, 1.54) is 18.4 Å². The summed E-state index contributed by atoms with van der Waals surface area (Å²) in [6.45, 7) is 0. The number of carbonyl (C=O) groups is 2. The number of nitrogens with one attached hydrogen (secondary N) is 1. The van der Waals surface area contributed by atoms with Crippen LogP contribution in [0.2, 0.25) is 0 Å². The Kier molecular flexibility index (Phi) is 6.83. The molecule has 0 spiro atoms. The number of benzene rings is 1. The number of carbonyl (C=O) groups excluding carboxylic acids is 2. The largest absolute Gasteiger partial charge is 0.469 e. The summed E-state index contributed by atoms with van der Waals surface area (Å²) in [5, 5.41) is 11.8. The molecule has 1 heterocycles. The molecule has 1 amide bonds. The van der Waals surface area contributed by atoms with Gasteiger partial charge in [0, 0.05) is 25.3 Å². The van der Waals surface area contributed by atoms with Crippen molar-refractivity contribution in [3.05, 3.63) is 40.9 Å². The zero-order valence-electron chi connectivity index (χ0n) is 13.4. The fourth-order valence-corrected chi connectivity index (χ4v) is 2.88. The van der Waals surface area contributed by atoms with E-state index in [1.807, 2.05) is 30.3 Å². The van der Waals surface area contributed by atoms with Crippen LogP contribution in [0.5, 0.6) is 0 Å². The van der Waals surface area contributed by atoms with Crippen molar-refractivity contribution in [1.29, 1.82) is 0 Å². The average molecular weight is 348 g/mol. The third-order valence-corrected chi connectivity index (χ3v) is 4.24. The van der Waals surface area contributed by atoms with Crippen molar-refractivity contribution in [1.82, 2.24) is 10.2 Å². The molecule has 0 saturated carbocycles. The maximum Gasteiger partial charge on any atom is 0.305 e. The molecule has 0 aliphatic carbocycles. The van der Waals surface area contributed by atoms with Gasteiger partial charge in [-0.1, -0.05) is 41.7 Å². The quantitative estimate of drug-likeness (QED) is 0.707. The smallest absolute Gasteiger partial charge is 0.305 e. The number of methoxy groups -OCH3 is 1. The predicted molar refractivity (Wildman–Crippen MR) is 91.5 cm³/mol. The number of anilines is 1. The summed E-state index contributed by atoms with van der Waals surface area (Å²) >= 11 is 1.30. The molecule has 7 nitrogen and oxygen atoms in total. The molecule has 0 bridgehead atoms. The van der Waals surface area contributed by atoms with Crippen LogP contribution in [0.3, 0.4) is 0 Å². The van der Waals surface area contributed by atoms with Gasteiger partial charge in [-0.3, -0.25) is 9.59 Å².